The second kappa shape index (κ2) is 4.91. The van der Waals surface area contributed by atoms with Gasteiger partial charge < -0.3 is 5.32 Å². The molecule has 2 fully saturated rings. The maximum atomic E-state index is 13.2. The van der Waals surface area contributed by atoms with E-state index in [0.29, 0.717) is 11.7 Å². The maximum absolute atomic E-state index is 13.2. The molecular formula is C14H16F4N2. The van der Waals surface area contributed by atoms with Crippen LogP contribution in [0.5, 0.6) is 0 Å². The molecule has 0 bridgehead atoms. The van der Waals surface area contributed by atoms with Crippen LogP contribution < -0.4 is 5.32 Å². The maximum Gasteiger partial charge on any atom is 0.419 e. The van der Waals surface area contributed by atoms with E-state index >= 15 is 0 Å². The summed E-state index contributed by atoms with van der Waals surface area (Å²) in [6.45, 7) is 2.05. The third-order valence-corrected chi connectivity index (χ3v) is 4.23. The molecule has 110 valence electrons. The molecule has 0 radical (unpaired) electrons. The lowest BCUT2D eigenvalue weighted by Gasteiger charge is -2.22. The number of rotatable bonds is 2. The molecule has 0 aliphatic carbocycles. The Hall–Kier alpha value is -1.30. The van der Waals surface area contributed by atoms with Crippen molar-refractivity contribution in [3.63, 3.8) is 0 Å². The minimum atomic E-state index is -4.66. The molecule has 2 nitrogen and oxygen atoms in total. The summed E-state index contributed by atoms with van der Waals surface area (Å²) in [5, 5.41) is 3.14. The smallest absolute Gasteiger partial charge is 0.381 e. The van der Waals surface area contributed by atoms with Crippen molar-refractivity contribution < 1.29 is 17.6 Å². The third-order valence-electron chi connectivity index (χ3n) is 4.23. The van der Waals surface area contributed by atoms with Crippen molar-refractivity contribution in [2.75, 3.05) is 18.4 Å². The molecule has 2 saturated heterocycles. The molecule has 2 aliphatic rings. The van der Waals surface area contributed by atoms with Gasteiger partial charge in [0.25, 0.3) is 0 Å². The fourth-order valence-corrected chi connectivity index (χ4v) is 3.30. The average Bonchev–Trinajstić information content (AvgIpc) is 2.95. The van der Waals surface area contributed by atoms with Crippen molar-refractivity contribution >= 4 is 5.69 Å². The van der Waals surface area contributed by atoms with E-state index in [1.165, 1.54) is 6.07 Å². The Morgan fingerprint density at radius 1 is 1.15 bits per heavy atom. The molecule has 6 heteroatoms. The van der Waals surface area contributed by atoms with Crippen LogP contribution in [0.4, 0.5) is 23.2 Å². The van der Waals surface area contributed by atoms with Crippen molar-refractivity contribution in [3.8, 4) is 0 Å². The van der Waals surface area contributed by atoms with Gasteiger partial charge in [-0.15, -0.1) is 0 Å². The lowest BCUT2D eigenvalue weighted by Crippen LogP contribution is -2.33. The predicted octanol–water partition coefficient (Wildman–Crippen LogP) is 3.49. The number of alkyl halides is 3. The SMILES string of the molecule is Fc1ccc(NC2CCN3CCCC23)cc1C(F)(F)F. The first-order valence-electron chi connectivity index (χ1n) is 6.82. The number of nitrogens with zero attached hydrogens (tertiary/aromatic N) is 1. The van der Waals surface area contributed by atoms with Gasteiger partial charge in [0.2, 0.25) is 0 Å². The summed E-state index contributed by atoms with van der Waals surface area (Å²) in [6, 6.07) is 3.68. The van der Waals surface area contributed by atoms with E-state index in [4.69, 9.17) is 0 Å². The second-order valence-corrected chi connectivity index (χ2v) is 5.48. The first-order valence-corrected chi connectivity index (χ1v) is 6.82. The first-order chi connectivity index (χ1) is 9.45. The van der Waals surface area contributed by atoms with Crippen molar-refractivity contribution in [2.24, 2.45) is 0 Å². The number of anilines is 1. The van der Waals surface area contributed by atoms with Crippen LogP contribution in [0.1, 0.15) is 24.8 Å². The van der Waals surface area contributed by atoms with Gasteiger partial charge in [-0.25, -0.2) is 4.39 Å². The summed E-state index contributed by atoms with van der Waals surface area (Å²) in [7, 11) is 0. The van der Waals surface area contributed by atoms with E-state index in [9.17, 15) is 17.6 Å². The highest BCUT2D eigenvalue weighted by Crippen LogP contribution is 2.34. The second-order valence-electron chi connectivity index (χ2n) is 5.48. The zero-order valence-electron chi connectivity index (χ0n) is 10.9. The standard InChI is InChI=1S/C14H16F4N2/c15-11-4-3-9(8-10(11)14(16,17)18)19-12-5-7-20-6-1-2-13(12)20/h3-4,8,12-13,19H,1-2,5-7H2. The molecule has 1 N–H and O–H groups in total. The van der Waals surface area contributed by atoms with Gasteiger partial charge in [-0.1, -0.05) is 0 Å². The van der Waals surface area contributed by atoms with Crippen molar-refractivity contribution in [3.05, 3.63) is 29.6 Å². The lowest BCUT2D eigenvalue weighted by atomic mass is 10.1. The fourth-order valence-electron chi connectivity index (χ4n) is 3.30. The highest BCUT2D eigenvalue weighted by atomic mass is 19.4. The van der Waals surface area contributed by atoms with Crippen LogP contribution in [0.2, 0.25) is 0 Å². The monoisotopic (exact) mass is 288 g/mol. The van der Waals surface area contributed by atoms with Gasteiger partial charge in [-0.2, -0.15) is 13.2 Å². The molecule has 0 spiro atoms. The Balaban J connectivity index is 1.78. The van der Waals surface area contributed by atoms with Gasteiger partial charge in [-0.3, -0.25) is 4.90 Å². The molecule has 20 heavy (non-hydrogen) atoms. The summed E-state index contributed by atoms with van der Waals surface area (Å²) in [5.41, 5.74) is -0.860. The van der Waals surface area contributed by atoms with Crippen LogP contribution in [-0.4, -0.2) is 30.1 Å². The van der Waals surface area contributed by atoms with E-state index < -0.39 is 17.6 Å². The summed E-state index contributed by atoms with van der Waals surface area (Å²) >= 11 is 0. The van der Waals surface area contributed by atoms with Crippen molar-refractivity contribution in [2.45, 2.75) is 37.5 Å². The molecule has 0 amide bonds. The Morgan fingerprint density at radius 2 is 1.95 bits per heavy atom. The Morgan fingerprint density at radius 3 is 2.70 bits per heavy atom. The van der Waals surface area contributed by atoms with Gasteiger partial charge in [0.1, 0.15) is 5.82 Å². The Labute approximate surface area is 114 Å². The van der Waals surface area contributed by atoms with E-state index in [2.05, 4.69) is 10.2 Å². The van der Waals surface area contributed by atoms with Crippen molar-refractivity contribution in [1.29, 1.82) is 0 Å². The van der Waals surface area contributed by atoms with Gasteiger partial charge in [0.15, 0.2) is 0 Å². The fraction of sp³-hybridized carbons (Fsp3) is 0.571. The molecule has 1 aromatic carbocycles. The topological polar surface area (TPSA) is 15.3 Å². The largest absolute Gasteiger partial charge is 0.419 e. The first kappa shape index (κ1) is 13.7. The van der Waals surface area contributed by atoms with Gasteiger partial charge in [-0.05, 0) is 44.0 Å². The average molecular weight is 288 g/mol. The van der Waals surface area contributed by atoms with Crippen LogP contribution in [0.3, 0.4) is 0 Å². The number of hydrogen-bond acceptors (Lipinski definition) is 2. The van der Waals surface area contributed by atoms with Crippen LogP contribution in [0.25, 0.3) is 0 Å². The van der Waals surface area contributed by atoms with E-state index in [-0.39, 0.29) is 6.04 Å². The predicted molar refractivity (Wildman–Crippen MR) is 68.0 cm³/mol. The summed E-state index contributed by atoms with van der Waals surface area (Å²) in [6.07, 6.45) is -1.52. The number of hydrogen-bond donors (Lipinski definition) is 1. The molecule has 0 aromatic heterocycles. The van der Waals surface area contributed by atoms with Gasteiger partial charge in [0.05, 0.1) is 5.56 Å². The number of halogens is 4. The lowest BCUT2D eigenvalue weighted by molar-refractivity contribution is -0.139. The zero-order chi connectivity index (χ0) is 14.3. The summed E-state index contributed by atoms with van der Waals surface area (Å²) in [5.74, 6) is -1.23. The minimum absolute atomic E-state index is 0.157. The minimum Gasteiger partial charge on any atom is -0.381 e. The number of fused-ring (bicyclic) bond motifs is 1. The number of nitrogens with one attached hydrogen (secondary N) is 1. The Bertz CT molecular complexity index is 500. The molecule has 2 atom stereocenters. The van der Waals surface area contributed by atoms with Crippen LogP contribution >= 0.6 is 0 Å². The molecular weight excluding hydrogens is 272 g/mol. The zero-order valence-corrected chi connectivity index (χ0v) is 10.9. The molecule has 2 aliphatic heterocycles. The Kier molecular flexibility index (Phi) is 3.36. The van der Waals surface area contributed by atoms with E-state index in [1.807, 2.05) is 0 Å². The van der Waals surface area contributed by atoms with Crippen molar-refractivity contribution in [1.82, 2.24) is 4.90 Å². The molecule has 2 unspecified atom stereocenters. The summed E-state index contributed by atoms with van der Waals surface area (Å²) < 4.78 is 51.3. The summed E-state index contributed by atoms with van der Waals surface area (Å²) in [4.78, 5) is 2.37. The van der Waals surface area contributed by atoms with Gasteiger partial charge >= 0.3 is 6.18 Å². The molecule has 0 saturated carbocycles. The van der Waals surface area contributed by atoms with E-state index in [0.717, 1.165) is 44.5 Å². The third kappa shape index (κ3) is 2.49. The normalized spacial score (nSPS) is 26.8. The van der Waals surface area contributed by atoms with Crippen LogP contribution in [-0.2, 0) is 6.18 Å². The van der Waals surface area contributed by atoms with Crippen LogP contribution in [0, 0.1) is 5.82 Å². The van der Waals surface area contributed by atoms with Gasteiger partial charge in [0, 0.05) is 24.3 Å². The number of benzene rings is 1. The highest BCUT2D eigenvalue weighted by Gasteiger charge is 2.38. The quantitative estimate of drug-likeness (QED) is 0.838. The highest BCUT2D eigenvalue weighted by molar-refractivity contribution is 5.48. The molecule has 3 rings (SSSR count). The molecule has 1 aromatic rings. The van der Waals surface area contributed by atoms with E-state index in [1.54, 1.807) is 0 Å². The molecule has 2 heterocycles. The van der Waals surface area contributed by atoms with Crippen LogP contribution in [0.15, 0.2) is 18.2 Å².